The summed E-state index contributed by atoms with van der Waals surface area (Å²) < 4.78 is 1.59. The number of fused-ring (bicyclic) bond motifs is 3. The van der Waals surface area contributed by atoms with Gasteiger partial charge in [-0.25, -0.2) is 0 Å². The number of rotatable bonds is 11. The minimum absolute atomic E-state index is 0.137. The van der Waals surface area contributed by atoms with Gasteiger partial charge in [0.2, 0.25) is 0 Å². The van der Waals surface area contributed by atoms with E-state index < -0.39 is 0 Å². The topological polar surface area (TPSA) is 39.1 Å². The van der Waals surface area contributed by atoms with E-state index in [-0.39, 0.29) is 17.2 Å². The Hall–Kier alpha value is -5.02. The Bertz CT molecular complexity index is 2620. The maximum absolute atomic E-state index is 14.8. The molecule has 0 aliphatic carbocycles. The highest BCUT2D eigenvalue weighted by Crippen LogP contribution is 2.54. The average molecular weight is 654 g/mol. The molecule has 0 saturated carbocycles. The van der Waals surface area contributed by atoms with Crippen LogP contribution in [0.1, 0.15) is 83.4 Å². The first-order valence-electron chi connectivity index (χ1n) is 18.8. The maximum Gasteiger partial charge on any atom is 0.262 e. The predicted octanol–water partition coefficient (Wildman–Crippen LogP) is 12.3. The fourth-order valence-electron chi connectivity index (χ4n) is 9.37. The first-order chi connectivity index (χ1) is 24.5. The monoisotopic (exact) mass is 653 g/mol. The smallest absolute Gasteiger partial charge is 0.262 e. The molecule has 0 radical (unpaired) electrons. The molecule has 0 unspecified atom stereocenters. The van der Waals surface area contributed by atoms with Crippen molar-refractivity contribution in [2.45, 2.75) is 85.1 Å². The zero-order valence-electron chi connectivity index (χ0n) is 29.6. The number of benzene rings is 7. The number of unbranched alkanes of at least 4 members (excludes halogenated alkanes) is 2. The van der Waals surface area contributed by atoms with Crippen LogP contribution in [0.5, 0.6) is 0 Å². The zero-order chi connectivity index (χ0) is 34.3. The molecule has 3 heteroatoms. The lowest BCUT2D eigenvalue weighted by atomic mass is 9.87. The van der Waals surface area contributed by atoms with Crippen molar-refractivity contribution in [2.75, 3.05) is 0 Å². The van der Waals surface area contributed by atoms with Gasteiger partial charge in [0.1, 0.15) is 0 Å². The summed E-state index contributed by atoms with van der Waals surface area (Å²) in [5, 5.41) is 12.7. The van der Waals surface area contributed by atoms with Gasteiger partial charge < -0.3 is 0 Å². The van der Waals surface area contributed by atoms with Gasteiger partial charge in [-0.15, -0.1) is 0 Å². The number of hydrogen-bond donors (Lipinski definition) is 0. The molecule has 1 heterocycles. The van der Waals surface area contributed by atoms with Gasteiger partial charge in [-0.1, -0.05) is 113 Å². The van der Waals surface area contributed by atoms with Crippen LogP contribution in [0.25, 0.3) is 86.9 Å². The van der Waals surface area contributed by atoms with Crippen molar-refractivity contribution >= 4 is 64.6 Å². The first-order valence-corrected chi connectivity index (χ1v) is 18.8. The molecule has 1 aromatic heterocycles. The van der Waals surface area contributed by atoms with Gasteiger partial charge in [0, 0.05) is 6.04 Å². The van der Waals surface area contributed by atoms with E-state index in [1.807, 2.05) is 0 Å². The summed E-state index contributed by atoms with van der Waals surface area (Å²) >= 11 is 0. The zero-order valence-corrected chi connectivity index (χ0v) is 29.6. The van der Waals surface area contributed by atoms with E-state index in [4.69, 9.17) is 0 Å². The van der Waals surface area contributed by atoms with Gasteiger partial charge in [-0.3, -0.25) is 14.2 Å². The fraction of sp³-hybridized carbons (Fsp3) is 0.277. The van der Waals surface area contributed by atoms with Crippen LogP contribution >= 0.6 is 0 Å². The van der Waals surface area contributed by atoms with Crippen LogP contribution in [0.3, 0.4) is 0 Å². The van der Waals surface area contributed by atoms with Crippen LogP contribution < -0.4 is 11.1 Å². The van der Waals surface area contributed by atoms with Crippen molar-refractivity contribution in [1.29, 1.82) is 0 Å². The summed E-state index contributed by atoms with van der Waals surface area (Å²) in [5.74, 6) is 0. The molecular formula is C47H43NO2. The molecule has 3 nitrogen and oxygen atoms in total. The lowest BCUT2D eigenvalue weighted by molar-refractivity contribution is 0.455. The Morgan fingerprint density at radius 3 is 1.36 bits per heavy atom. The van der Waals surface area contributed by atoms with Crippen molar-refractivity contribution in [3.63, 3.8) is 0 Å². The minimum atomic E-state index is -0.140. The molecule has 0 bridgehead atoms. The number of nitrogens with zero attached hydrogens (tertiary/aromatic N) is 1. The van der Waals surface area contributed by atoms with Crippen molar-refractivity contribution in [2.24, 2.45) is 0 Å². The lowest BCUT2D eigenvalue weighted by Gasteiger charge is -2.15. The largest absolute Gasteiger partial charge is 0.271 e. The quantitative estimate of drug-likeness (QED) is 0.130. The van der Waals surface area contributed by atoms with E-state index in [1.54, 1.807) is 4.57 Å². The molecule has 0 aliphatic rings. The third kappa shape index (κ3) is 4.16. The Labute approximate surface area is 292 Å². The van der Waals surface area contributed by atoms with Gasteiger partial charge in [0.15, 0.2) is 0 Å². The second-order valence-corrected chi connectivity index (χ2v) is 14.5. The molecule has 0 fully saturated rings. The standard InChI is InChI=1S/C47H43NO2/c1-5-9-15-27-17-11-13-19-31(27)35-25-37-42-40-33(35)23-21-29-22-24-34-36(32-20-14-12-18-28(32)16-10-6-2)26-38(43(42)41(34)39(29)40)45-44(37)46(49)48(47(45)50)30(7-3)8-4/h11-14,17-26,30H,5-10,15-16H2,1-4H3. The SMILES string of the molecule is CCCCc1ccccc1-c1cc2c3c(=O)n(C(CC)CC)c(=O)c3c3cc(-c4ccccc4CCCC)c4ccc5ccc1c1c5c4c3c21. The van der Waals surface area contributed by atoms with Gasteiger partial charge in [0.05, 0.1) is 10.8 Å². The molecule has 8 aromatic carbocycles. The molecule has 50 heavy (non-hydrogen) atoms. The summed E-state index contributed by atoms with van der Waals surface area (Å²) in [6, 6.07) is 31.1. The third-order valence-corrected chi connectivity index (χ3v) is 11.8. The Kier molecular flexibility index (Phi) is 7.31. The molecule has 0 N–H and O–H groups in total. The van der Waals surface area contributed by atoms with Gasteiger partial charge in [-0.2, -0.15) is 0 Å². The molecule has 0 spiro atoms. The summed E-state index contributed by atoms with van der Waals surface area (Å²) in [7, 11) is 0. The molecule has 0 aliphatic heterocycles. The molecule has 9 rings (SSSR count). The first kappa shape index (κ1) is 31.0. The second-order valence-electron chi connectivity index (χ2n) is 14.5. The minimum Gasteiger partial charge on any atom is -0.271 e. The summed E-state index contributed by atoms with van der Waals surface area (Å²) in [4.78, 5) is 29.6. The number of aromatic nitrogens is 1. The fourth-order valence-corrected chi connectivity index (χ4v) is 9.37. The van der Waals surface area contributed by atoms with Crippen molar-refractivity contribution in [3.8, 4) is 22.3 Å². The Balaban J connectivity index is 1.54. The molecule has 9 aromatic rings. The van der Waals surface area contributed by atoms with E-state index in [1.165, 1.54) is 54.6 Å². The third-order valence-electron chi connectivity index (χ3n) is 11.8. The Morgan fingerprint density at radius 2 is 0.920 bits per heavy atom. The average Bonchev–Trinajstić information content (AvgIpc) is 3.65. The highest BCUT2D eigenvalue weighted by atomic mass is 16.2. The predicted molar refractivity (Wildman–Crippen MR) is 214 cm³/mol. The number of aryl methyl sites for hydroxylation is 2. The summed E-state index contributed by atoms with van der Waals surface area (Å²) in [6.07, 6.45) is 7.97. The summed E-state index contributed by atoms with van der Waals surface area (Å²) in [5.41, 5.74) is 7.12. The van der Waals surface area contributed by atoms with Crippen LogP contribution in [0.15, 0.2) is 94.5 Å². The van der Waals surface area contributed by atoms with Crippen molar-refractivity contribution < 1.29 is 0 Å². The van der Waals surface area contributed by atoms with E-state index >= 15 is 0 Å². The van der Waals surface area contributed by atoms with Gasteiger partial charge >= 0.3 is 0 Å². The summed E-state index contributed by atoms with van der Waals surface area (Å²) in [6.45, 7) is 8.64. The molecule has 248 valence electrons. The van der Waals surface area contributed by atoms with Crippen LogP contribution in [0, 0.1) is 0 Å². The molecule has 0 saturated heterocycles. The molecule has 0 atom stereocenters. The van der Waals surface area contributed by atoms with Crippen LogP contribution in [-0.4, -0.2) is 4.57 Å². The van der Waals surface area contributed by atoms with E-state index in [9.17, 15) is 9.59 Å². The highest BCUT2D eigenvalue weighted by Gasteiger charge is 2.30. The van der Waals surface area contributed by atoms with Crippen LogP contribution in [-0.2, 0) is 12.8 Å². The number of hydrogen-bond acceptors (Lipinski definition) is 2. The van der Waals surface area contributed by atoms with E-state index in [0.29, 0.717) is 10.8 Å². The van der Waals surface area contributed by atoms with Crippen molar-refractivity contribution in [1.82, 2.24) is 4.57 Å². The maximum atomic E-state index is 14.8. The van der Waals surface area contributed by atoms with Crippen LogP contribution in [0.4, 0.5) is 0 Å². The highest BCUT2D eigenvalue weighted by molar-refractivity contribution is 6.50. The second kappa shape index (κ2) is 11.8. The Morgan fingerprint density at radius 1 is 0.480 bits per heavy atom. The van der Waals surface area contributed by atoms with E-state index in [2.05, 4.69) is 113 Å². The van der Waals surface area contributed by atoms with Crippen molar-refractivity contribution in [3.05, 3.63) is 117 Å². The van der Waals surface area contributed by atoms with Crippen LogP contribution in [0.2, 0.25) is 0 Å². The van der Waals surface area contributed by atoms with Gasteiger partial charge in [-0.05, 0) is 138 Å². The molecular weight excluding hydrogens is 611 g/mol. The lowest BCUT2D eigenvalue weighted by Crippen LogP contribution is -2.29. The van der Waals surface area contributed by atoms with Gasteiger partial charge in [0.25, 0.3) is 11.1 Å². The van der Waals surface area contributed by atoms with E-state index in [0.717, 1.165) is 84.0 Å². The normalized spacial score (nSPS) is 12.6. The molecule has 0 amide bonds.